The number of benzene rings is 2. The number of nitrogen functional groups attached to an aromatic ring is 1. The van der Waals surface area contributed by atoms with Crippen LogP contribution in [-0.2, 0) is 0 Å². The zero-order valence-electron chi connectivity index (χ0n) is 10.8. The van der Waals surface area contributed by atoms with E-state index in [-0.39, 0.29) is 6.04 Å². The maximum Gasteiger partial charge on any atom is 0.201 e. The van der Waals surface area contributed by atoms with E-state index in [1.165, 1.54) is 0 Å². The number of aromatic nitrogens is 2. The molecule has 1 unspecified atom stereocenters. The molecule has 3 aromatic rings. The number of imidazole rings is 1. The van der Waals surface area contributed by atoms with Gasteiger partial charge in [0.15, 0.2) is 0 Å². The molecule has 0 aliphatic carbocycles. The second kappa shape index (κ2) is 5.11. The van der Waals surface area contributed by atoms with E-state index in [2.05, 4.69) is 27.8 Å². The fraction of sp³-hybridized carbons (Fsp3) is 0.133. The minimum Gasteiger partial charge on any atom is -0.369 e. The molecule has 0 bridgehead atoms. The van der Waals surface area contributed by atoms with Crippen molar-refractivity contribution >= 4 is 44.5 Å². The van der Waals surface area contributed by atoms with Gasteiger partial charge in [-0.3, -0.25) is 0 Å². The maximum absolute atomic E-state index is 6.08. The predicted molar refractivity (Wildman–Crippen MR) is 87.1 cm³/mol. The molecule has 0 amide bonds. The zero-order valence-corrected chi connectivity index (χ0v) is 13.2. The van der Waals surface area contributed by atoms with Gasteiger partial charge in [-0.2, -0.15) is 0 Å². The third-order valence-corrected chi connectivity index (χ3v) is 4.16. The first kappa shape index (κ1) is 13.5. The van der Waals surface area contributed by atoms with Crippen molar-refractivity contribution in [3.05, 3.63) is 57.5 Å². The lowest BCUT2D eigenvalue weighted by molar-refractivity contribution is 0.668. The second-order valence-electron chi connectivity index (χ2n) is 4.70. The number of fused-ring (bicyclic) bond motifs is 1. The van der Waals surface area contributed by atoms with Crippen LogP contribution in [0.1, 0.15) is 18.5 Å². The van der Waals surface area contributed by atoms with Crippen molar-refractivity contribution in [3.63, 3.8) is 0 Å². The molecule has 1 aromatic heterocycles. The predicted octanol–water partition coefficient (Wildman–Crippen LogP) is 4.64. The quantitative estimate of drug-likeness (QED) is 0.731. The molecule has 0 aliphatic rings. The molecule has 3 rings (SSSR count). The molecule has 0 saturated heterocycles. The van der Waals surface area contributed by atoms with Crippen LogP contribution in [0, 0.1) is 0 Å². The molecule has 0 saturated carbocycles. The topological polar surface area (TPSA) is 43.8 Å². The number of nitrogens with two attached hydrogens (primary N) is 1. The third-order valence-electron chi connectivity index (χ3n) is 3.42. The fourth-order valence-electron chi connectivity index (χ4n) is 2.38. The summed E-state index contributed by atoms with van der Waals surface area (Å²) in [5, 5.41) is 0.729. The average Bonchev–Trinajstić information content (AvgIpc) is 2.74. The molecule has 0 fully saturated rings. The monoisotopic (exact) mass is 349 g/mol. The van der Waals surface area contributed by atoms with Gasteiger partial charge >= 0.3 is 0 Å². The largest absolute Gasteiger partial charge is 0.369 e. The van der Waals surface area contributed by atoms with Gasteiger partial charge in [-0.1, -0.05) is 39.7 Å². The Morgan fingerprint density at radius 2 is 1.90 bits per heavy atom. The zero-order chi connectivity index (χ0) is 14.3. The Labute approximate surface area is 130 Å². The van der Waals surface area contributed by atoms with E-state index < -0.39 is 0 Å². The molecule has 0 spiro atoms. The molecule has 0 radical (unpaired) electrons. The molecular formula is C15H13BrClN3. The van der Waals surface area contributed by atoms with Gasteiger partial charge in [-0.15, -0.1) is 0 Å². The maximum atomic E-state index is 6.08. The Morgan fingerprint density at radius 3 is 2.60 bits per heavy atom. The van der Waals surface area contributed by atoms with E-state index in [4.69, 9.17) is 17.3 Å². The van der Waals surface area contributed by atoms with Gasteiger partial charge in [0.05, 0.1) is 17.1 Å². The van der Waals surface area contributed by atoms with E-state index >= 15 is 0 Å². The Kier molecular flexibility index (Phi) is 3.44. The van der Waals surface area contributed by atoms with Crippen molar-refractivity contribution in [3.8, 4) is 0 Å². The smallest absolute Gasteiger partial charge is 0.201 e. The van der Waals surface area contributed by atoms with Crippen molar-refractivity contribution in [2.45, 2.75) is 13.0 Å². The number of halogens is 2. The number of rotatable bonds is 2. The van der Waals surface area contributed by atoms with Crippen LogP contribution in [-0.4, -0.2) is 9.55 Å². The average molecular weight is 351 g/mol. The summed E-state index contributed by atoms with van der Waals surface area (Å²) in [5.74, 6) is 0.514. The van der Waals surface area contributed by atoms with E-state index in [1.807, 2.05) is 47.0 Å². The molecule has 0 aliphatic heterocycles. The Hall–Kier alpha value is -1.52. The summed E-state index contributed by atoms with van der Waals surface area (Å²) in [7, 11) is 0. The van der Waals surface area contributed by atoms with E-state index in [0.29, 0.717) is 5.95 Å². The van der Waals surface area contributed by atoms with Crippen molar-refractivity contribution in [2.24, 2.45) is 0 Å². The summed E-state index contributed by atoms with van der Waals surface area (Å²) >= 11 is 9.43. The van der Waals surface area contributed by atoms with Crippen LogP contribution in [0.4, 0.5) is 5.95 Å². The van der Waals surface area contributed by atoms with Crippen LogP contribution in [0.2, 0.25) is 5.02 Å². The standard InChI is InChI=1S/C15H13BrClN3/c1-9(10-2-5-12(17)6-3-10)20-14-8-11(16)4-7-13(14)19-15(20)18/h2-9H,1H3,(H2,18,19). The Bertz CT molecular complexity index is 765. The highest BCUT2D eigenvalue weighted by Crippen LogP contribution is 2.29. The van der Waals surface area contributed by atoms with Gasteiger partial charge in [0.1, 0.15) is 0 Å². The Morgan fingerprint density at radius 1 is 1.20 bits per heavy atom. The van der Waals surface area contributed by atoms with Crippen molar-refractivity contribution in [1.29, 1.82) is 0 Å². The van der Waals surface area contributed by atoms with Crippen LogP contribution >= 0.6 is 27.5 Å². The molecule has 1 heterocycles. The highest BCUT2D eigenvalue weighted by Gasteiger charge is 2.15. The minimum absolute atomic E-state index is 0.0894. The van der Waals surface area contributed by atoms with Crippen molar-refractivity contribution < 1.29 is 0 Å². The molecule has 5 heteroatoms. The lowest BCUT2D eigenvalue weighted by Crippen LogP contribution is -2.10. The molecule has 3 nitrogen and oxygen atoms in total. The van der Waals surface area contributed by atoms with E-state index in [9.17, 15) is 0 Å². The van der Waals surface area contributed by atoms with Crippen molar-refractivity contribution in [2.75, 3.05) is 5.73 Å². The fourth-order valence-corrected chi connectivity index (χ4v) is 2.86. The molecule has 2 N–H and O–H groups in total. The molecule has 102 valence electrons. The summed E-state index contributed by atoms with van der Waals surface area (Å²) in [5.41, 5.74) is 9.13. The van der Waals surface area contributed by atoms with Gasteiger partial charge < -0.3 is 10.3 Å². The molecule has 20 heavy (non-hydrogen) atoms. The number of anilines is 1. The first-order chi connectivity index (χ1) is 9.56. The van der Waals surface area contributed by atoms with Gasteiger partial charge in [-0.25, -0.2) is 4.98 Å². The summed E-state index contributed by atoms with van der Waals surface area (Å²) in [4.78, 5) is 4.41. The van der Waals surface area contributed by atoms with Crippen molar-refractivity contribution in [1.82, 2.24) is 9.55 Å². The highest BCUT2D eigenvalue weighted by atomic mass is 79.9. The number of hydrogen-bond donors (Lipinski definition) is 1. The second-order valence-corrected chi connectivity index (χ2v) is 6.05. The first-order valence-electron chi connectivity index (χ1n) is 6.24. The normalized spacial score (nSPS) is 12.8. The van der Waals surface area contributed by atoms with Crippen LogP contribution in [0.5, 0.6) is 0 Å². The van der Waals surface area contributed by atoms with Crippen LogP contribution in [0.25, 0.3) is 11.0 Å². The van der Waals surface area contributed by atoms with E-state index in [1.54, 1.807) is 0 Å². The molecule has 2 aromatic carbocycles. The molecule has 1 atom stereocenters. The minimum atomic E-state index is 0.0894. The van der Waals surface area contributed by atoms with Gasteiger partial charge in [-0.05, 0) is 42.8 Å². The van der Waals surface area contributed by atoms with Gasteiger partial charge in [0, 0.05) is 9.50 Å². The number of nitrogens with zero attached hydrogens (tertiary/aromatic N) is 2. The molecular weight excluding hydrogens is 338 g/mol. The van der Waals surface area contributed by atoms with E-state index in [0.717, 1.165) is 26.1 Å². The first-order valence-corrected chi connectivity index (χ1v) is 7.42. The lowest BCUT2D eigenvalue weighted by Gasteiger charge is -2.16. The summed E-state index contributed by atoms with van der Waals surface area (Å²) in [6.45, 7) is 2.10. The van der Waals surface area contributed by atoms with Crippen LogP contribution < -0.4 is 5.73 Å². The lowest BCUT2D eigenvalue weighted by atomic mass is 10.1. The van der Waals surface area contributed by atoms with Gasteiger partial charge in [0.25, 0.3) is 0 Å². The van der Waals surface area contributed by atoms with Crippen LogP contribution in [0.15, 0.2) is 46.9 Å². The summed E-state index contributed by atoms with van der Waals surface area (Å²) < 4.78 is 3.04. The SMILES string of the molecule is CC(c1ccc(Cl)cc1)n1c(N)nc2ccc(Br)cc21. The van der Waals surface area contributed by atoms with Gasteiger partial charge in [0.2, 0.25) is 5.95 Å². The Balaban J connectivity index is 2.15. The highest BCUT2D eigenvalue weighted by molar-refractivity contribution is 9.10. The summed E-state index contributed by atoms with van der Waals surface area (Å²) in [6, 6.07) is 13.8. The summed E-state index contributed by atoms with van der Waals surface area (Å²) in [6.07, 6.45) is 0. The number of hydrogen-bond acceptors (Lipinski definition) is 2. The van der Waals surface area contributed by atoms with Crippen LogP contribution in [0.3, 0.4) is 0 Å². The third kappa shape index (κ3) is 2.30.